The van der Waals surface area contributed by atoms with Crippen LogP contribution in [0.1, 0.15) is 39.5 Å². The Kier molecular flexibility index (Phi) is 2.71. The zero-order valence-corrected chi connectivity index (χ0v) is 10.4. The number of hydrogen-bond donors (Lipinski definition) is 0. The zero-order chi connectivity index (χ0) is 12.5. The van der Waals surface area contributed by atoms with Crippen molar-refractivity contribution in [2.45, 2.75) is 25.7 Å². The van der Waals surface area contributed by atoms with Gasteiger partial charge in [-0.15, -0.1) is 0 Å². The lowest BCUT2D eigenvalue weighted by Gasteiger charge is -2.09. The molecule has 0 bridgehead atoms. The molecule has 2 nitrogen and oxygen atoms in total. The average Bonchev–Trinajstić information content (AvgIpc) is 2.82. The highest BCUT2D eigenvalue weighted by Gasteiger charge is 2.30. The molecule has 0 N–H and O–H groups in total. The van der Waals surface area contributed by atoms with E-state index in [0.717, 1.165) is 29.7 Å². The van der Waals surface area contributed by atoms with Crippen molar-refractivity contribution in [3.8, 4) is 0 Å². The Labute approximate surface area is 107 Å². The van der Waals surface area contributed by atoms with Gasteiger partial charge in [0.25, 0.3) is 0 Å². The van der Waals surface area contributed by atoms with Crippen LogP contribution in [0.4, 0.5) is 0 Å². The molecule has 18 heavy (non-hydrogen) atoms. The van der Waals surface area contributed by atoms with Crippen molar-refractivity contribution in [3.05, 3.63) is 65.0 Å². The van der Waals surface area contributed by atoms with Gasteiger partial charge in [-0.2, -0.15) is 0 Å². The van der Waals surface area contributed by atoms with E-state index in [1.165, 1.54) is 5.56 Å². The van der Waals surface area contributed by atoms with Crippen molar-refractivity contribution in [3.63, 3.8) is 0 Å². The quantitative estimate of drug-likeness (QED) is 0.750. The number of nitrogens with zero attached hydrogens (tertiary/aromatic N) is 1. The highest BCUT2D eigenvalue weighted by molar-refractivity contribution is 6.01. The van der Waals surface area contributed by atoms with Crippen LogP contribution in [-0.4, -0.2) is 10.8 Å². The first-order chi connectivity index (χ1) is 8.75. The zero-order valence-electron chi connectivity index (χ0n) is 10.4. The lowest BCUT2D eigenvalue weighted by Crippen LogP contribution is -2.11. The van der Waals surface area contributed by atoms with Gasteiger partial charge < -0.3 is 0 Å². The van der Waals surface area contributed by atoms with Gasteiger partial charge in [0.05, 0.1) is 11.6 Å². The van der Waals surface area contributed by atoms with Crippen LogP contribution >= 0.6 is 0 Å². The monoisotopic (exact) mass is 237 g/mol. The number of aromatic nitrogens is 1. The van der Waals surface area contributed by atoms with Gasteiger partial charge in [0.2, 0.25) is 0 Å². The second-order valence-electron chi connectivity index (χ2n) is 4.87. The molecule has 0 radical (unpaired) electrons. The molecule has 3 rings (SSSR count). The molecular weight excluding hydrogens is 222 g/mol. The summed E-state index contributed by atoms with van der Waals surface area (Å²) in [5, 5.41) is 0. The summed E-state index contributed by atoms with van der Waals surface area (Å²) >= 11 is 0. The van der Waals surface area contributed by atoms with E-state index in [0.29, 0.717) is 0 Å². The Bertz CT molecular complexity index is 604. The highest BCUT2D eigenvalue weighted by atomic mass is 16.1. The molecule has 1 aromatic heterocycles. The van der Waals surface area contributed by atoms with Crippen molar-refractivity contribution < 1.29 is 4.79 Å². The number of aryl methyl sites for hydroxylation is 2. The second kappa shape index (κ2) is 4.37. The van der Waals surface area contributed by atoms with Crippen molar-refractivity contribution in [1.82, 2.24) is 4.98 Å². The number of ketones is 1. The summed E-state index contributed by atoms with van der Waals surface area (Å²) in [5.74, 6) is 0.152. The number of benzene rings is 1. The van der Waals surface area contributed by atoms with E-state index in [4.69, 9.17) is 0 Å². The van der Waals surface area contributed by atoms with Crippen molar-refractivity contribution in [2.75, 3.05) is 0 Å². The summed E-state index contributed by atoms with van der Waals surface area (Å²) in [7, 11) is 0. The molecule has 0 saturated heterocycles. The summed E-state index contributed by atoms with van der Waals surface area (Å²) in [6, 6.07) is 11.8. The van der Waals surface area contributed by atoms with Gasteiger partial charge in [0.15, 0.2) is 5.78 Å². The van der Waals surface area contributed by atoms with Crippen LogP contribution in [-0.2, 0) is 6.42 Å². The van der Waals surface area contributed by atoms with Crippen molar-refractivity contribution >= 4 is 5.78 Å². The largest absolute Gasteiger partial charge is 0.293 e. The molecule has 1 atom stereocenters. The van der Waals surface area contributed by atoms with Gasteiger partial charge >= 0.3 is 0 Å². The van der Waals surface area contributed by atoms with Crippen molar-refractivity contribution in [1.29, 1.82) is 0 Å². The van der Waals surface area contributed by atoms with E-state index in [-0.39, 0.29) is 11.7 Å². The fraction of sp³-hybridized carbons (Fsp3) is 0.250. The molecule has 0 amide bonds. The third-order valence-corrected chi connectivity index (χ3v) is 3.58. The number of carbonyl (C=O) groups is 1. The van der Waals surface area contributed by atoms with Gasteiger partial charge in [-0.05, 0) is 37.5 Å². The standard InChI is InChI=1S/C16H15NO/c1-11-4-2-5-13(10-11)16(18)14-8-7-12-6-3-9-17-15(12)14/h2-6,9-10,14H,7-8H2,1H3. The summed E-state index contributed by atoms with van der Waals surface area (Å²) in [5.41, 5.74) is 4.13. The normalized spacial score (nSPS) is 17.5. The van der Waals surface area contributed by atoms with E-state index in [2.05, 4.69) is 11.1 Å². The fourth-order valence-corrected chi connectivity index (χ4v) is 2.67. The maximum atomic E-state index is 12.5. The van der Waals surface area contributed by atoms with Crippen LogP contribution in [0.3, 0.4) is 0 Å². The van der Waals surface area contributed by atoms with Crippen LogP contribution in [0.5, 0.6) is 0 Å². The summed E-state index contributed by atoms with van der Waals surface area (Å²) in [6.45, 7) is 2.01. The van der Waals surface area contributed by atoms with Gasteiger partial charge in [0.1, 0.15) is 0 Å². The smallest absolute Gasteiger partial charge is 0.171 e. The average molecular weight is 237 g/mol. The Balaban J connectivity index is 1.96. The van der Waals surface area contributed by atoms with E-state index in [1.807, 2.05) is 37.3 Å². The predicted molar refractivity (Wildman–Crippen MR) is 70.8 cm³/mol. The molecule has 1 aliphatic carbocycles. The minimum Gasteiger partial charge on any atom is -0.293 e. The van der Waals surface area contributed by atoms with E-state index < -0.39 is 0 Å². The first-order valence-electron chi connectivity index (χ1n) is 6.30. The highest BCUT2D eigenvalue weighted by Crippen LogP contribution is 2.33. The lowest BCUT2D eigenvalue weighted by atomic mass is 9.94. The SMILES string of the molecule is Cc1cccc(C(=O)C2CCc3cccnc32)c1. The molecular formula is C16H15NO. The number of pyridine rings is 1. The summed E-state index contributed by atoms with van der Waals surface area (Å²) in [4.78, 5) is 16.9. The Morgan fingerprint density at radius 3 is 3.00 bits per heavy atom. The Morgan fingerprint density at radius 1 is 1.28 bits per heavy atom. The number of rotatable bonds is 2. The Morgan fingerprint density at radius 2 is 2.17 bits per heavy atom. The molecule has 1 aromatic carbocycles. The number of fused-ring (bicyclic) bond motifs is 1. The van der Waals surface area contributed by atoms with Crippen LogP contribution in [0.2, 0.25) is 0 Å². The Hall–Kier alpha value is -1.96. The van der Waals surface area contributed by atoms with Gasteiger partial charge in [-0.25, -0.2) is 0 Å². The second-order valence-corrected chi connectivity index (χ2v) is 4.87. The van der Waals surface area contributed by atoms with Crippen LogP contribution in [0.25, 0.3) is 0 Å². The molecule has 1 unspecified atom stereocenters. The molecule has 1 heterocycles. The third kappa shape index (κ3) is 1.84. The molecule has 0 fully saturated rings. The molecule has 2 heteroatoms. The van der Waals surface area contributed by atoms with Gasteiger partial charge in [0, 0.05) is 11.8 Å². The molecule has 0 saturated carbocycles. The van der Waals surface area contributed by atoms with Gasteiger partial charge in [-0.1, -0.05) is 29.8 Å². The van der Waals surface area contributed by atoms with Crippen molar-refractivity contribution in [2.24, 2.45) is 0 Å². The predicted octanol–water partition coefficient (Wildman–Crippen LogP) is 3.30. The maximum absolute atomic E-state index is 12.5. The van der Waals surface area contributed by atoms with Crippen LogP contribution < -0.4 is 0 Å². The van der Waals surface area contributed by atoms with E-state index >= 15 is 0 Å². The lowest BCUT2D eigenvalue weighted by molar-refractivity contribution is 0.0958. The topological polar surface area (TPSA) is 30.0 Å². The third-order valence-electron chi connectivity index (χ3n) is 3.58. The minimum absolute atomic E-state index is 0.0528. The molecule has 0 spiro atoms. The maximum Gasteiger partial charge on any atom is 0.171 e. The summed E-state index contributed by atoms with van der Waals surface area (Å²) < 4.78 is 0. The summed E-state index contributed by atoms with van der Waals surface area (Å²) in [6.07, 6.45) is 3.63. The first kappa shape index (κ1) is 11.1. The molecule has 2 aromatic rings. The molecule has 90 valence electrons. The van der Waals surface area contributed by atoms with Crippen LogP contribution in [0.15, 0.2) is 42.6 Å². The molecule has 0 aliphatic heterocycles. The van der Waals surface area contributed by atoms with Crippen LogP contribution in [0, 0.1) is 6.92 Å². The van der Waals surface area contributed by atoms with E-state index in [9.17, 15) is 4.79 Å². The van der Waals surface area contributed by atoms with E-state index in [1.54, 1.807) is 6.20 Å². The van der Waals surface area contributed by atoms with Gasteiger partial charge in [-0.3, -0.25) is 9.78 Å². The minimum atomic E-state index is -0.0528. The number of carbonyl (C=O) groups excluding carboxylic acids is 1. The first-order valence-corrected chi connectivity index (χ1v) is 6.30. The molecule has 1 aliphatic rings. The number of hydrogen-bond acceptors (Lipinski definition) is 2. The number of Topliss-reactive ketones (excluding diaryl/α,β-unsaturated/α-hetero) is 1. The fourth-order valence-electron chi connectivity index (χ4n) is 2.67.